The number of rotatable bonds is 7. The Morgan fingerprint density at radius 2 is 1.75 bits per heavy atom. The highest BCUT2D eigenvalue weighted by atomic mass is 16.7. The highest BCUT2D eigenvalue weighted by Crippen LogP contribution is 2.46. The number of benzene rings is 1. The maximum atomic E-state index is 12.4. The summed E-state index contributed by atoms with van der Waals surface area (Å²) in [5, 5.41) is 5.78. The van der Waals surface area contributed by atoms with E-state index in [0.717, 1.165) is 36.3 Å². The fourth-order valence-corrected chi connectivity index (χ4v) is 3.81. The van der Waals surface area contributed by atoms with Crippen LogP contribution in [0.15, 0.2) is 18.2 Å². The number of hydrogen-bond acceptors (Lipinski definition) is 4. The van der Waals surface area contributed by atoms with Crippen LogP contribution in [0.25, 0.3) is 0 Å². The van der Waals surface area contributed by atoms with Gasteiger partial charge in [-0.3, -0.25) is 9.59 Å². The van der Waals surface area contributed by atoms with Crippen LogP contribution in [-0.2, 0) is 9.59 Å². The first-order chi connectivity index (χ1) is 13.4. The molecule has 0 bridgehead atoms. The number of nitrogens with one attached hydrogen (secondary N) is 3. The molecule has 1 atom stereocenters. The van der Waals surface area contributed by atoms with E-state index >= 15 is 0 Å². The van der Waals surface area contributed by atoms with Gasteiger partial charge in [0, 0.05) is 30.6 Å². The molecule has 1 fully saturated rings. The van der Waals surface area contributed by atoms with E-state index in [1.54, 1.807) is 0 Å². The van der Waals surface area contributed by atoms with Gasteiger partial charge in [0.25, 0.3) is 17.6 Å². The Hall–Kier alpha value is -2.28. The van der Waals surface area contributed by atoms with E-state index in [4.69, 9.17) is 9.47 Å². The van der Waals surface area contributed by atoms with Crippen molar-refractivity contribution in [3.05, 3.63) is 18.2 Å². The zero-order valence-corrected chi connectivity index (χ0v) is 17.1. The summed E-state index contributed by atoms with van der Waals surface area (Å²) >= 11 is 0. The average molecular weight is 391 g/mol. The number of quaternary nitrogens is 1. The lowest BCUT2D eigenvalue weighted by molar-refractivity contribution is -0.881. The second-order valence-corrected chi connectivity index (χ2v) is 8.06. The SMILES string of the molecule is CC[NH+](CC(=O)Nc1ccc2c(c1)OC1(CCCCC1)O2)CC(=O)NC(C)C. The standard InChI is InChI=1S/C21H31N3O4/c1-4-24(13-19(25)22-15(2)3)14-20(26)23-16-8-9-17-18(12-16)28-21(27-17)10-6-5-7-11-21/h8-9,12,15H,4-7,10-11,13-14H2,1-3H3,(H,22,25)(H,23,26)/p+1. The number of anilines is 1. The van der Waals surface area contributed by atoms with Crippen molar-refractivity contribution in [3.63, 3.8) is 0 Å². The minimum atomic E-state index is -0.518. The van der Waals surface area contributed by atoms with Crippen LogP contribution in [-0.4, -0.2) is 43.3 Å². The van der Waals surface area contributed by atoms with Crippen LogP contribution in [0, 0.1) is 0 Å². The second kappa shape index (κ2) is 8.82. The number of hydrogen-bond donors (Lipinski definition) is 3. The van der Waals surface area contributed by atoms with Gasteiger partial charge in [0.1, 0.15) is 0 Å². The molecule has 1 aliphatic carbocycles. The van der Waals surface area contributed by atoms with E-state index in [1.807, 2.05) is 39.0 Å². The fraction of sp³-hybridized carbons (Fsp3) is 0.619. The Bertz CT molecular complexity index is 714. The predicted molar refractivity (Wildman–Crippen MR) is 107 cm³/mol. The van der Waals surface area contributed by atoms with Gasteiger partial charge in [-0.2, -0.15) is 0 Å². The van der Waals surface area contributed by atoms with Crippen LogP contribution in [0.4, 0.5) is 5.69 Å². The van der Waals surface area contributed by atoms with Crippen LogP contribution < -0.4 is 25.0 Å². The third kappa shape index (κ3) is 5.16. The Morgan fingerprint density at radius 3 is 2.43 bits per heavy atom. The van der Waals surface area contributed by atoms with Gasteiger partial charge in [-0.15, -0.1) is 0 Å². The molecule has 0 radical (unpaired) electrons. The molecule has 1 aromatic carbocycles. The molecule has 154 valence electrons. The van der Waals surface area contributed by atoms with E-state index in [-0.39, 0.29) is 30.9 Å². The molecule has 1 spiro atoms. The summed E-state index contributed by atoms with van der Waals surface area (Å²) in [5.41, 5.74) is 0.683. The van der Waals surface area contributed by atoms with Gasteiger partial charge in [0.05, 0.1) is 6.54 Å². The van der Waals surface area contributed by atoms with Crippen LogP contribution in [0.2, 0.25) is 0 Å². The minimum Gasteiger partial charge on any atom is -0.448 e. The molecule has 0 saturated heterocycles. The van der Waals surface area contributed by atoms with Crippen molar-refractivity contribution in [1.29, 1.82) is 0 Å². The highest BCUT2D eigenvalue weighted by Gasteiger charge is 2.42. The first-order valence-corrected chi connectivity index (χ1v) is 10.3. The van der Waals surface area contributed by atoms with Crippen molar-refractivity contribution in [1.82, 2.24) is 5.32 Å². The molecule has 1 aliphatic heterocycles. The minimum absolute atomic E-state index is 0.0412. The molecule has 3 rings (SSSR count). The number of likely N-dealkylation sites (N-methyl/N-ethyl adjacent to an activating group) is 1. The Morgan fingerprint density at radius 1 is 1.07 bits per heavy atom. The van der Waals surface area contributed by atoms with Gasteiger partial charge in [0.15, 0.2) is 24.6 Å². The van der Waals surface area contributed by atoms with Crippen LogP contribution in [0.3, 0.4) is 0 Å². The molecule has 7 nitrogen and oxygen atoms in total. The first kappa shape index (κ1) is 20.5. The molecule has 1 saturated carbocycles. The largest absolute Gasteiger partial charge is 0.448 e. The van der Waals surface area contributed by atoms with E-state index in [0.29, 0.717) is 18.0 Å². The lowest BCUT2D eigenvalue weighted by Crippen LogP contribution is -3.14. The Labute approximate surface area is 166 Å². The summed E-state index contributed by atoms with van der Waals surface area (Å²) in [6.07, 6.45) is 5.24. The van der Waals surface area contributed by atoms with E-state index < -0.39 is 5.79 Å². The molecule has 0 aromatic heterocycles. The maximum Gasteiger partial charge on any atom is 0.279 e. The van der Waals surface area contributed by atoms with Gasteiger partial charge in [-0.05, 0) is 45.7 Å². The summed E-state index contributed by atoms with van der Waals surface area (Å²) in [6.45, 7) is 7.03. The monoisotopic (exact) mass is 390 g/mol. The van der Waals surface area contributed by atoms with Crippen LogP contribution >= 0.6 is 0 Å². The molecule has 2 amide bonds. The number of ether oxygens (including phenoxy) is 2. The summed E-state index contributed by atoms with van der Waals surface area (Å²) in [5.74, 6) is 0.749. The lowest BCUT2D eigenvalue weighted by atomic mass is 9.94. The van der Waals surface area contributed by atoms with Crippen molar-refractivity contribution in [3.8, 4) is 11.5 Å². The van der Waals surface area contributed by atoms with Crippen molar-refractivity contribution < 1.29 is 24.0 Å². The Kier molecular flexibility index (Phi) is 6.44. The van der Waals surface area contributed by atoms with E-state index in [2.05, 4.69) is 10.6 Å². The molecular formula is C21H32N3O4+. The summed E-state index contributed by atoms with van der Waals surface area (Å²) < 4.78 is 12.2. The smallest absolute Gasteiger partial charge is 0.279 e. The number of fused-ring (bicyclic) bond motifs is 1. The van der Waals surface area contributed by atoms with Crippen molar-refractivity contribution in [2.24, 2.45) is 0 Å². The summed E-state index contributed by atoms with van der Waals surface area (Å²) in [7, 11) is 0. The molecule has 28 heavy (non-hydrogen) atoms. The number of amides is 2. The third-order valence-electron chi connectivity index (χ3n) is 5.21. The van der Waals surface area contributed by atoms with Crippen molar-refractivity contribution in [2.75, 3.05) is 25.0 Å². The molecule has 2 aliphatic rings. The average Bonchev–Trinajstić information content (AvgIpc) is 2.97. The summed E-state index contributed by atoms with van der Waals surface area (Å²) in [4.78, 5) is 25.3. The van der Waals surface area contributed by atoms with Crippen molar-refractivity contribution in [2.45, 2.75) is 64.7 Å². The van der Waals surface area contributed by atoms with Gasteiger partial charge in [-0.25, -0.2) is 0 Å². The topological polar surface area (TPSA) is 81.1 Å². The molecular weight excluding hydrogens is 358 g/mol. The second-order valence-electron chi connectivity index (χ2n) is 8.06. The highest BCUT2D eigenvalue weighted by molar-refractivity contribution is 5.92. The number of carbonyl (C=O) groups is 2. The molecule has 1 heterocycles. The lowest BCUT2D eigenvalue weighted by Gasteiger charge is -2.31. The van der Waals surface area contributed by atoms with E-state index in [1.165, 1.54) is 6.42 Å². The zero-order valence-electron chi connectivity index (χ0n) is 17.1. The Balaban J connectivity index is 1.55. The first-order valence-electron chi connectivity index (χ1n) is 10.3. The molecule has 7 heteroatoms. The normalized spacial score (nSPS) is 18.1. The maximum absolute atomic E-state index is 12.4. The van der Waals surface area contributed by atoms with Crippen LogP contribution in [0.1, 0.15) is 52.9 Å². The predicted octanol–water partition coefficient (Wildman–Crippen LogP) is 1.49. The van der Waals surface area contributed by atoms with Crippen molar-refractivity contribution >= 4 is 17.5 Å². The third-order valence-corrected chi connectivity index (χ3v) is 5.21. The quantitative estimate of drug-likeness (QED) is 0.659. The van der Waals surface area contributed by atoms with Gasteiger partial charge < -0.3 is 25.0 Å². The van der Waals surface area contributed by atoms with Crippen LogP contribution in [0.5, 0.6) is 11.5 Å². The number of carbonyl (C=O) groups excluding carboxylic acids is 2. The van der Waals surface area contributed by atoms with Gasteiger partial charge in [-0.1, -0.05) is 6.42 Å². The van der Waals surface area contributed by atoms with Gasteiger partial charge in [0.2, 0.25) is 0 Å². The fourth-order valence-electron chi connectivity index (χ4n) is 3.81. The summed E-state index contributed by atoms with van der Waals surface area (Å²) in [6, 6.07) is 5.61. The van der Waals surface area contributed by atoms with Gasteiger partial charge >= 0.3 is 0 Å². The van der Waals surface area contributed by atoms with E-state index in [9.17, 15) is 9.59 Å². The zero-order chi connectivity index (χ0) is 20.1. The molecule has 1 aromatic rings. The molecule has 3 N–H and O–H groups in total. The molecule has 1 unspecified atom stereocenters.